The van der Waals surface area contributed by atoms with Gasteiger partial charge in [0.15, 0.2) is 23.0 Å². The minimum absolute atomic E-state index is 0.0173. The highest BCUT2D eigenvalue weighted by Gasteiger charge is 2.65. The molecule has 0 amide bonds. The second kappa shape index (κ2) is 19.7. The van der Waals surface area contributed by atoms with E-state index in [0.29, 0.717) is 49.1 Å². The third-order valence-electron chi connectivity index (χ3n) is 18.2. The van der Waals surface area contributed by atoms with Crippen LogP contribution in [0.3, 0.4) is 0 Å². The van der Waals surface area contributed by atoms with Crippen LogP contribution in [0.4, 0.5) is 0 Å². The molecule has 0 saturated heterocycles. The van der Waals surface area contributed by atoms with Crippen LogP contribution < -0.4 is 15.2 Å². The molecular weight excluding hydrogens is 921 g/mol. The van der Waals surface area contributed by atoms with Gasteiger partial charge in [-0.25, -0.2) is 0 Å². The number of Topliss-reactive ketones (excluding diaryl/α,β-unsaturated/α-hetero) is 1. The van der Waals surface area contributed by atoms with Gasteiger partial charge in [-0.05, 0) is 168 Å². The van der Waals surface area contributed by atoms with E-state index < -0.39 is 29.3 Å². The Kier molecular flexibility index (Phi) is 13.1. The predicted molar refractivity (Wildman–Crippen MR) is 277 cm³/mol. The smallest absolute Gasteiger partial charge is 0.200 e. The summed E-state index contributed by atoms with van der Waals surface area (Å²) in [6, 6.07) is 29.2. The largest absolute Gasteiger partial charge is 0.508 e. The minimum atomic E-state index is -1.10. The van der Waals surface area contributed by atoms with Gasteiger partial charge in [-0.1, -0.05) is 81.1 Å². The molecule has 0 spiro atoms. The van der Waals surface area contributed by atoms with Crippen LogP contribution in [0.15, 0.2) is 103 Å². The van der Waals surface area contributed by atoms with Crippen molar-refractivity contribution in [2.45, 2.75) is 120 Å². The van der Waals surface area contributed by atoms with Crippen LogP contribution in [0.5, 0.6) is 46.0 Å². The first-order chi connectivity index (χ1) is 35.4. The van der Waals surface area contributed by atoms with Crippen molar-refractivity contribution >= 4 is 5.78 Å². The fourth-order valence-electron chi connectivity index (χ4n) is 15.4. The van der Waals surface area contributed by atoms with Crippen LogP contribution in [0.25, 0.3) is 11.3 Å². The number of hydrogen-bond acceptors (Lipinski definition) is 11. The number of phenolic OH excluding ortho intramolecular Hbond substituents is 6. The number of benzene rings is 5. The second-order valence-electron chi connectivity index (χ2n) is 22.0. The number of unbranched alkanes of at least 4 members (excludes halogenated alkanes) is 2. The van der Waals surface area contributed by atoms with E-state index in [4.69, 9.17) is 15.2 Å². The summed E-state index contributed by atoms with van der Waals surface area (Å²) in [4.78, 5) is 18.8. The zero-order chi connectivity index (χ0) is 50.7. The Bertz CT molecular complexity index is 3020. The number of nitrogens with two attached hydrogens (primary N) is 1. The Morgan fingerprint density at radius 3 is 2.44 bits per heavy atom. The molecule has 3 saturated carbocycles. The Labute approximate surface area is 426 Å². The molecule has 12 rings (SSSR count). The van der Waals surface area contributed by atoms with Crippen LogP contribution in [0.1, 0.15) is 128 Å². The van der Waals surface area contributed by atoms with Gasteiger partial charge in [0, 0.05) is 46.8 Å². The molecule has 3 fully saturated rings. The first-order valence-electron chi connectivity index (χ1n) is 26.5. The third kappa shape index (κ3) is 8.54. The van der Waals surface area contributed by atoms with Crippen molar-refractivity contribution in [1.29, 1.82) is 0 Å². The minimum Gasteiger partial charge on any atom is -0.508 e. The van der Waals surface area contributed by atoms with E-state index in [1.807, 2.05) is 6.07 Å². The number of aliphatic hydroxyl groups is 1. The van der Waals surface area contributed by atoms with Gasteiger partial charge in [0.05, 0.1) is 6.10 Å². The average molecular weight is 989 g/mol. The maximum absolute atomic E-state index is 15.1. The van der Waals surface area contributed by atoms with Crippen molar-refractivity contribution in [2.75, 3.05) is 6.73 Å². The van der Waals surface area contributed by atoms with Crippen LogP contribution in [-0.2, 0) is 29.7 Å². The number of aromatic amines is 1. The number of fused-ring (bicyclic) bond motifs is 8. The molecule has 12 nitrogen and oxygen atoms in total. The van der Waals surface area contributed by atoms with Crippen molar-refractivity contribution in [2.24, 2.45) is 41.2 Å². The number of aromatic hydroxyl groups is 6. The van der Waals surface area contributed by atoms with E-state index in [9.17, 15) is 35.7 Å². The lowest BCUT2D eigenvalue weighted by molar-refractivity contribution is -0.136. The molecule has 6 aliphatic rings. The Morgan fingerprint density at radius 2 is 1.63 bits per heavy atom. The Morgan fingerprint density at radius 1 is 0.795 bits per heavy atom. The fraction of sp³-hybridized carbons (Fsp3) is 0.426. The number of ketones is 1. The van der Waals surface area contributed by atoms with E-state index >= 15 is 4.79 Å². The number of H-pyrrole nitrogens is 1. The topological polar surface area (TPSA) is 219 Å². The monoisotopic (exact) mass is 988 g/mol. The lowest BCUT2D eigenvalue weighted by Crippen LogP contribution is -2.52. The molecule has 0 radical (unpaired) electrons. The number of hydrogen-bond donors (Lipinski definition) is 9. The van der Waals surface area contributed by atoms with Crippen molar-refractivity contribution in [1.82, 2.24) is 4.98 Å². The normalized spacial score (nSPS) is 27.5. The van der Waals surface area contributed by atoms with Gasteiger partial charge in [0.25, 0.3) is 0 Å². The van der Waals surface area contributed by atoms with E-state index in [2.05, 4.69) is 48.4 Å². The van der Waals surface area contributed by atoms with E-state index in [-0.39, 0.29) is 101 Å². The van der Waals surface area contributed by atoms with Crippen molar-refractivity contribution in [3.05, 3.63) is 142 Å². The number of aryl methyl sites for hydroxylation is 1. The fourth-order valence-corrected chi connectivity index (χ4v) is 15.4. The van der Waals surface area contributed by atoms with E-state index in [1.54, 1.807) is 48.5 Å². The van der Waals surface area contributed by atoms with Crippen LogP contribution in [0, 0.1) is 35.5 Å². The summed E-state index contributed by atoms with van der Waals surface area (Å²) in [5, 5.41) is 80.1. The molecule has 11 atom stereocenters. The number of aliphatic hydroxyl groups excluding tert-OH is 1. The number of rotatable bonds is 16. The first-order valence-corrected chi connectivity index (χ1v) is 26.5. The molecule has 73 heavy (non-hydrogen) atoms. The van der Waals surface area contributed by atoms with Gasteiger partial charge in [0.2, 0.25) is 5.75 Å². The molecule has 382 valence electrons. The number of aromatic nitrogens is 1. The molecule has 1 heterocycles. The van der Waals surface area contributed by atoms with Crippen LogP contribution in [-0.4, -0.2) is 59.3 Å². The molecule has 6 aliphatic carbocycles. The van der Waals surface area contributed by atoms with Crippen LogP contribution >= 0.6 is 0 Å². The maximum atomic E-state index is 15.1. The lowest BCUT2D eigenvalue weighted by Gasteiger charge is -2.55. The van der Waals surface area contributed by atoms with Crippen molar-refractivity contribution < 1.29 is 50.0 Å². The van der Waals surface area contributed by atoms with Gasteiger partial charge in [0.1, 0.15) is 36.4 Å². The molecular formula is C61H68N2O10. The highest BCUT2D eigenvalue weighted by Crippen LogP contribution is 2.73. The molecule has 0 aliphatic heterocycles. The summed E-state index contributed by atoms with van der Waals surface area (Å²) in [6.45, 7) is 2.14. The zero-order valence-electron chi connectivity index (χ0n) is 41.4. The van der Waals surface area contributed by atoms with Gasteiger partial charge < -0.3 is 50.2 Å². The highest BCUT2D eigenvalue weighted by molar-refractivity contribution is 5.82. The molecule has 6 aromatic rings. The zero-order valence-corrected chi connectivity index (χ0v) is 41.4. The molecule has 2 bridgehead atoms. The summed E-state index contributed by atoms with van der Waals surface area (Å²) >= 11 is 0. The third-order valence-corrected chi connectivity index (χ3v) is 18.2. The summed E-state index contributed by atoms with van der Waals surface area (Å²) in [7, 11) is 0. The summed E-state index contributed by atoms with van der Waals surface area (Å²) in [5.74, 6) is -2.21. The second-order valence-corrected chi connectivity index (χ2v) is 22.0. The number of ether oxygens (including phenoxy) is 2. The highest BCUT2D eigenvalue weighted by atomic mass is 16.5. The van der Waals surface area contributed by atoms with E-state index in [0.717, 1.165) is 60.9 Å². The lowest BCUT2D eigenvalue weighted by atomic mass is 9.49. The number of carbonyl (C=O) groups is 1. The summed E-state index contributed by atoms with van der Waals surface area (Å²) < 4.78 is 12.1. The molecule has 0 unspecified atom stereocenters. The standard InChI is InChI=1S/C61H68N2O10/c1-2-3-4-8-34-22-47-42-19-20-63-57(42)41-11-5-6-12-46(41)61(47,30-34)48-27-38-26-43-37(24-36-15-16-40(65)28-51(36)68)25-44(49(66)17-13-33-14-18-50(67)53(23-33)73-32-62)58(70)56(43)55(48)45-29-52(69)59(71)60(54(38)45)72-31-35-9-7-10-39(64)21-35/h5-7,9-12,14-16,18-21,23,28-29,34,37-38,43-44,47-48,55-56,58,63-65,67-71H,2-4,8,13,17,22,24-27,30-32,62H2,1H3/t34-,37-,38+,43-,44+,47+,48+,55+,56+,58-,61+/m0/s1. The van der Waals surface area contributed by atoms with Crippen LogP contribution in [0.2, 0.25) is 0 Å². The number of nitrogens with one attached hydrogen (secondary N) is 1. The average Bonchev–Trinajstić information content (AvgIpc) is 3.95. The SMILES string of the molecule is CCCCC[C@H]1C[C@@H]2c3cc[nH]c3-c3ccccc3[C@]2([C@@H]2C[C@H]3C[C@H]4[C@@H](Cc5ccc(O)cc5O)C[C@H](C(=O)CCc5ccc(O)c(OCN)c5)[C@H](O)[C@H]4[C@@H]2c2cc(O)c(O)c(OCc4cccc(O)c4)c23)C1. The first kappa shape index (κ1) is 48.6. The number of carbonyl (C=O) groups excluding carboxylic acids is 1. The van der Waals surface area contributed by atoms with Gasteiger partial charge in [-0.3, -0.25) is 10.5 Å². The summed E-state index contributed by atoms with van der Waals surface area (Å²) in [5.41, 5.74) is 13.9. The van der Waals surface area contributed by atoms with Gasteiger partial charge in [-0.2, -0.15) is 0 Å². The van der Waals surface area contributed by atoms with Crippen molar-refractivity contribution in [3.63, 3.8) is 0 Å². The van der Waals surface area contributed by atoms with Crippen molar-refractivity contribution in [3.8, 4) is 57.3 Å². The van der Waals surface area contributed by atoms with Gasteiger partial charge in [-0.15, -0.1) is 0 Å². The Hall–Kier alpha value is -6.63. The quantitative estimate of drug-likeness (QED) is 0.0252. The van der Waals surface area contributed by atoms with E-state index in [1.165, 1.54) is 28.8 Å². The molecule has 1 aromatic heterocycles. The molecule has 5 aromatic carbocycles. The predicted octanol–water partition coefficient (Wildman–Crippen LogP) is 11.1. The molecule has 12 heteroatoms. The maximum Gasteiger partial charge on any atom is 0.200 e. The molecule has 10 N–H and O–H groups in total. The Balaban J connectivity index is 1.09. The number of phenols is 6. The van der Waals surface area contributed by atoms with Gasteiger partial charge >= 0.3 is 0 Å². The summed E-state index contributed by atoms with van der Waals surface area (Å²) in [6.07, 6.45) is 9.98.